The number of hydrogen-bond acceptors (Lipinski definition) is 3. The standard InChI is InChI=1S/C13H16N4/c14-6-1-2-9-17-10-11(5-7-15)12-4-3-8-16-13(12)17/h3-4,8,10H,1-2,5,7,9,15H2. The minimum atomic E-state index is 0.582. The summed E-state index contributed by atoms with van der Waals surface area (Å²) in [6.07, 6.45) is 6.22. The molecule has 0 atom stereocenters. The molecule has 2 rings (SSSR count). The summed E-state index contributed by atoms with van der Waals surface area (Å²) in [7, 11) is 0. The summed E-state index contributed by atoms with van der Waals surface area (Å²) in [5.74, 6) is 0. The summed E-state index contributed by atoms with van der Waals surface area (Å²) < 4.78 is 2.12. The van der Waals surface area contributed by atoms with Gasteiger partial charge in [-0.05, 0) is 37.1 Å². The van der Waals surface area contributed by atoms with Crippen LogP contribution >= 0.6 is 0 Å². The number of hydrogen-bond donors (Lipinski definition) is 1. The van der Waals surface area contributed by atoms with E-state index in [-0.39, 0.29) is 0 Å². The first-order valence-electron chi connectivity index (χ1n) is 5.86. The molecule has 2 aromatic rings. The second-order valence-electron chi connectivity index (χ2n) is 4.02. The van der Waals surface area contributed by atoms with E-state index < -0.39 is 0 Å². The zero-order valence-electron chi connectivity index (χ0n) is 9.76. The van der Waals surface area contributed by atoms with Crippen LogP contribution in [0.3, 0.4) is 0 Å². The van der Waals surface area contributed by atoms with Crippen molar-refractivity contribution in [1.82, 2.24) is 9.55 Å². The maximum absolute atomic E-state index is 8.56. The Hall–Kier alpha value is -1.86. The molecule has 0 aromatic carbocycles. The van der Waals surface area contributed by atoms with Crippen LogP contribution in [-0.4, -0.2) is 16.1 Å². The third-order valence-corrected chi connectivity index (χ3v) is 2.82. The fourth-order valence-corrected chi connectivity index (χ4v) is 2.05. The third kappa shape index (κ3) is 2.45. The lowest BCUT2D eigenvalue weighted by molar-refractivity contribution is 0.667. The van der Waals surface area contributed by atoms with Crippen molar-refractivity contribution in [3.8, 4) is 6.07 Å². The fourth-order valence-electron chi connectivity index (χ4n) is 2.05. The first-order chi connectivity index (χ1) is 8.36. The van der Waals surface area contributed by atoms with Gasteiger partial charge in [-0.2, -0.15) is 5.26 Å². The zero-order valence-corrected chi connectivity index (χ0v) is 9.76. The number of nitriles is 1. The number of unbranched alkanes of at least 4 members (excludes halogenated alkanes) is 1. The van der Waals surface area contributed by atoms with Gasteiger partial charge in [0.1, 0.15) is 5.65 Å². The lowest BCUT2D eigenvalue weighted by Crippen LogP contribution is -2.02. The summed E-state index contributed by atoms with van der Waals surface area (Å²) in [4.78, 5) is 4.40. The average molecular weight is 228 g/mol. The van der Waals surface area contributed by atoms with Gasteiger partial charge < -0.3 is 10.3 Å². The van der Waals surface area contributed by atoms with E-state index in [4.69, 9.17) is 11.0 Å². The first-order valence-corrected chi connectivity index (χ1v) is 5.86. The van der Waals surface area contributed by atoms with Crippen molar-refractivity contribution in [3.63, 3.8) is 0 Å². The van der Waals surface area contributed by atoms with E-state index in [1.54, 1.807) is 6.20 Å². The van der Waals surface area contributed by atoms with Gasteiger partial charge in [0, 0.05) is 30.7 Å². The van der Waals surface area contributed by atoms with Gasteiger partial charge >= 0.3 is 0 Å². The van der Waals surface area contributed by atoms with Crippen molar-refractivity contribution in [1.29, 1.82) is 5.26 Å². The van der Waals surface area contributed by atoms with Gasteiger partial charge in [-0.15, -0.1) is 0 Å². The predicted octanol–water partition coefficient (Wildman–Crippen LogP) is 1.84. The Morgan fingerprint density at radius 3 is 3.12 bits per heavy atom. The summed E-state index contributed by atoms with van der Waals surface area (Å²) in [6.45, 7) is 1.48. The summed E-state index contributed by atoms with van der Waals surface area (Å²) in [5.41, 5.74) is 7.85. The molecule has 88 valence electrons. The highest BCUT2D eigenvalue weighted by molar-refractivity contribution is 5.80. The van der Waals surface area contributed by atoms with Crippen LogP contribution in [-0.2, 0) is 13.0 Å². The predicted molar refractivity (Wildman–Crippen MR) is 67.3 cm³/mol. The molecule has 0 saturated carbocycles. The van der Waals surface area contributed by atoms with Crippen LogP contribution < -0.4 is 5.73 Å². The van der Waals surface area contributed by atoms with Gasteiger partial charge in [0.2, 0.25) is 0 Å². The highest BCUT2D eigenvalue weighted by Gasteiger charge is 2.07. The van der Waals surface area contributed by atoms with Crippen LogP contribution in [0.2, 0.25) is 0 Å². The van der Waals surface area contributed by atoms with Gasteiger partial charge in [-0.1, -0.05) is 0 Å². The Balaban J connectivity index is 2.32. The number of pyridine rings is 1. The smallest absolute Gasteiger partial charge is 0.140 e. The minimum absolute atomic E-state index is 0.582. The maximum atomic E-state index is 8.56. The lowest BCUT2D eigenvalue weighted by atomic mass is 10.2. The van der Waals surface area contributed by atoms with Gasteiger partial charge in [0.05, 0.1) is 6.07 Å². The molecule has 2 heterocycles. The normalized spacial score (nSPS) is 10.6. The fraction of sp³-hybridized carbons (Fsp3) is 0.385. The number of nitrogens with two attached hydrogens (primary N) is 1. The van der Waals surface area contributed by atoms with Crippen LogP contribution in [0.5, 0.6) is 0 Å². The molecule has 4 heteroatoms. The number of aryl methyl sites for hydroxylation is 1. The molecule has 17 heavy (non-hydrogen) atoms. The average Bonchev–Trinajstić information content (AvgIpc) is 2.70. The topological polar surface area (TPSA) is 67.6 Å². The molecular weight excluding hydrogens is 212 g/mol. The van der Waals surface area contributed by atoms with Crippen molar-refractivity contribution in [2.45, 2.75) is 25.8 Å². The van der Waals surface area contributed by atoms with E-state index in [0.717, 1.165) is 25.0 Å². The van der Waals surface area contributed by atoms with Gasteiger partial charge in [-0.25, -0.2) is 4.98 Å². The van der Waals surface area contributed by atoms with Crippen molar-refractivity contribution >= 4 is 11.0 Å². The molecule has 2 N–H and O–H groups in total. The van der Waals surface area contributed by atoms with E-state index in [1.807, 2.05) is 6.07 Å². The molecule has 0 bridgehead atoms. The number of nitrogens with zero attached hydrogens (tertiary/aromatic N) is 3. The zero-order chi connectivity index (χ0) is 12.1. The van der Waals surface area contributed by atoms with Gasteiger partial charge in [0.15, 0.2) is 0 Å². The van der Waals surface area contributed by atoms with Crippen LogP contribution in [0.25, 0.3) is 11.0 Å². The SMILES string of the molecule is N#CCCCn1cc(CCN)c2cccnc21. The molecule has 4 nitrogen and oxygen atoms in total. The third-order valence-electron chi connectivity index (χ3n) is 2.82. The molecular formula is C13H16N4. The second-order valence-corrected chi connectivity index (χ2v) is 4.02. The Morgan fingerprint density at radius 2 is 2.35 bits per heavy atom. The molecule has 2 aromatic heterocycles. The highest BCUT2D eigenvalue weighted by Crippen LogP contribution is 2.20. The largest absolute Gasteiger partial charge is 0.332 e. The molecule has 0 aliphatic heterocycles. The Labute approximate surface area is 101 Å². The molecule has 0 fully saturated rings. The van der Waals surface area contributed by atoms with Gasteiger partial charge in [-0.3, -0.25) is 0 Å². The summed E-state index contributed by atoms with van der Waals surface area (Å²) in [5, 5.41) is 9.73. The van der Waals surface area contributed by atoms with Crippen LogP contribution in [0, 0.1) is 11.3 Å². The van der Waals surface area contributed by atoms with Crippen LogP contribution in [0.1, 0.15) is 18.4 Å². The van der Waals surface area contributed by atoms with E-state index in [9.17, 15) is 0 Å². The molecule has 0 amide bonds. The van der Waals surface area contributed by atoms with Crippen molar-refractivity contribution < 1.29 is 0 Å². The van der Waals surface area contributed by atoms with Crippen molar-refractivity contribution in [2.75, 3.05) is 6.54 Å². The molecule has 0 saturated heterocycles. The summed E-state index contributed by atoms with van der Waals surface area (Å²) >= 11 is 0. The first kappa shape index (κ1) is 11.6. The molecule has 0 aliphatic rings. The summed E-state index contributed by atoms with van der Waals surface area (Å²) in [6, 6.07) is 6.19. The van der Waals surface area contributed by atoms with Gasteiger partial charge in [0.25, 0.3) is 0 Å². The van der Waals surface area contributed by atoms with E-state index >= 15 is 0 Å². The molecule has 0 radical (unpaired) electrons. The number of aromatic nitrogens is 2. The highest BCUT2D eigenvalue weighted by atomic mass is 15.0. The number of rotatable bonds is 5. The molecule has 0 unspecified atom stereocenters. The maximum Gasteiger partial charge on any atom is 0.140 e. The Bertz CT molecular complexity index is 536. The lowest BCUT2D eigenvalue weighted by Gasteiger charge is -2.01. The second kappa shape index (κ2) is 5.46. The number of fused-ring (bicyclic) bond motifs is 1. The van der Waals surface area contributed by atoms with E-state index in [1.165, 1.54) is 10.9 Å². The van der Waals surface area contributed by atoms with Crippen molar-refractivity contribution in [3.05, 3.63) is 30.1 Å². The van der Waals surface area contributed by atoms with Crippen molar-refractivity contribution in [2.24, 2.45) is 5.73 Å². The quantitative estimate of drug-likeness (QED) is 0.794. The molecule has 0 spiro atoms. The molecule has 0 aliphatic carbocycles. The minimum Gasteiger partial charge on any atom is -0.332 e. The monoisotopic (exact) mass is 228 g/mol. The van der Waals surface area contributed by atoms with Crippen LogP contribution in [0.4, 0.5) is 0 Å². The van der Waals surface area contributed by atoms with E-state index in [0.29, 0.717) is 13.0 Å². The Kier molecular flexibility index (Phi) is 3.73. The van der Waals surface area contributed by atoms with Crippen LogP contribution in [0.15, 0.2) is 24.5 Å². The van der Waals surface area contributed by atoms with E-state index in [2.05, 4.69) is 27.9 Å². The Morgan fingerprint density at radius 1 is 1.47 bits per heavy atom.